The third-order valence-corrected chi connectivity index (χ3v) is 1.22. The van der Waals surface area contributed by atoms with Crippen LogP contribution in [-0.2, 0) is 14.4 Å². The maximum atomic E-state index is 10.9. The van der Waals surface area contributed by atoms with E-state index in [9.17, 15) is 4.79 Å². The summed E-state index contributed by atoms with van der Waals surface area (Å²) >= 11 is 0. The molecule has 0 bridgehead atoms. The molecule has 0 aromatic rings. The van der Waals surface area contributed by atoms with Gasteiger partial charge in [-0.05, 0) is 0 Å². The van der Waals surface area contributed by atoms with E-state index in [2.05, 4.69) is 4.74 Å². The highest BCUT2D eigenvalue weighted by Crippen LogP contribution is 2.04. The Morgan fingerprint density at radius 3 is 3.10 bits per heavy atom. The first kappa shape index (κ1) is 7.46. The van der Waals surface area contributed by atoms with Crippen LogP contribution >= 0.6 is 0 Å². The first-order valence-electron chi connectivity index (χ1n) is 2.94. The molecular weight excluding hydrogens is 136 g/mol. The molecule has 10 heavy (non-hydrogen) atoms. The molecule has 5 nitrogen and oxygen atoms in total. The smallest absolute Gasteiger partial charge is 0.267 e. The molecule has 0 saturated carbocycles. The number of nitrogens with two attached hydrogens (primary N) is 1. The number of hydroxylamine groups is 2. The van der Waals surface area contributed by atoms with E-state index in [1.807, 2.05) is 0 Å². The third-order valence-electron chi connectivity index (χ3n) is 1.22. The highest BCUT2D eigenvalue weighted by molar-refractivity contribution is 5.82. The van der Waals surface area contributed by atoms with E-state index in [1.54, 1.807) is 0 Å². The van der Waals surface area contributed by atoms with Crippen molar-refractivity contribution in [3.05, 3.63) is 0 Å². The van der Waals surface area contributed by atoms with Crippen LogP contribution in [0, 0.1) is 0 Å². The van der Waals surface area contributed by atoms with E-state index in [-0.39, 0.29) is 19.2 Å². The molecule has 1 fully saturated rings. The second-order valence-electron chi connectivity index (χ2n) is 2.04. The van der Waals surface area contributed by atoms with Crippen molar-refractivity contribution < 1.29 is 14.4 Å². The van der Waals surface area contributed by atoms with Gasteiger partial charge in [0.15, 0.2) is 0 Å². The van der Waals surface area contributed by atoms with Crippen LogP contribution in [-0.4, -0.2) is 37.5 Å². The Bertz CT molecular complexity index is 137. The van der Waals surface area contributed by atoms with Crippen molar-refractivity contribution in [3.63, 3.8) is 0 Å². The van der Waals surface area contributed by atoms with Crippen LogP contribution in [0.5, 0.6) is 0 Å². The van der Waals surface area contributed by atoms with Crippen molar-refractivity contribution >= 4 is 5.91 Å². The number of rotatable bonds is 2. The topological polar surface area (TPSA) is 64.8 Å². The van der Waals surface area contributed by atoms with Gasteiger partial charge in [0.05, 0.1) is 6.61 Å². The van der Waals surface area contributed by atoms with E-state index in [4.69, 9.17) is 10.6 Å². The summed E-state index contributed by atoms with van der Waals surface area (Å²) in [6.45, 7) is 0.398. The number of hydrogen-bond acceptors (Lipinski definition) is 4. The molecule has 0 spiro atoms. The fourth-order valence-electron chi connectivity index (χ4n) is 0.708. The van der Waals surface area contributed by atoms with Crippen LogP contribution in [0.15, 0.2) is 0 Å². The second kappa shape index (κ2) is 2.96. The van der Waals surface area contributed by atoms with Crippen molar-refractivity contribution in [1.82, 2.24) is 5.06 Å². The normalized spacial score (nSPS) is 26.0. The summed E-state index contributed by atoms with van der Waals surface area (Å²) in [5.74, 6) is -0.221. The average Bonchev–Trinajstić information content (AvgIpc) is 2.20. The van der Waals surface area contributed by atoms with E-state index in [0.717, 1.165) is 5.06 Å². The van der Waals surface area contributed by atoms with Gasteiger partial charge in [0.2, 0.25) is 0 Å². The molecule has 1 amide bonds. The quantitative estimate of drug-likeness (QED) is 0.525. The molecular formula is C5H10N2O3. The third kappa shape index (κ3) is 1.26. The molecule has 1 aliphatic rings. The van der Waals surface area contributed by atoms with Crippen molar-refractivity contribution in [1.29, 1.82) is 0 Å². The van der Waals surface area contributed by atoms with Crippen LogP contribution in [0.3, 0.4) is 0 Å². The molecule has 1 aliphatic heterocycles. The van der Waals surface area contributed by atoms with Crippen molar-refractivity contribution in [2.24, 2.45) is 5.73 Å². The van der Waals surface area contributed by atoms with Crippen LogP contribution in [0.25, 0.3) is 0 Å². The van der Waals surface area contributed by atoms with E-state index < -0.39 is 6.04 Å². The molecule has 2 N–H and O–H groups in total. The lowest BCUT2D eigenvalue weighted by molar-refractivity contribution is -0.183. The van der Waals surface area contributed by atoms with E-state index >= 15 is 0 Å². The molecule has 0 aromatic carbocycles. The highest BCUT2D eigenvalue weighted by Gasteiger charge is 2.29. The molecule has 0 aliphatic carbocycles. The van der Waals surface area contributed by atoms with Gasteiger partial charge < -0.3 is 10.5 Å². The van der Waals surface area contributed by atoms with Gasteiger partial charge in [0.25, 0.3) is 5.91 Å². The zero-order valence-electron chi connectivity index (χ0n) is 5.74. The summed E-state index contributed by atoms with van der Waals surface area (Å²) in [4.78, 5) is 15.7. The maximum absolute atomic E-state index is 10.9. The molecule has 1 heterocycles. The van der Waals surface area contributed by atoms with Crippen LogP contribution in [0.4, 0.5) is 0 Å². The maximum Gasteiger partial charge on any atom is 0.267 e. The lowest BCUT2D eigenvalue weighted by atomic mass is 10.3. The van der Waals surface area contributed by atoms with Crippen molar-refractivity contribution in [2.45, 2.75) is 6.04 Å². The molecule has 0 aromatic heterocycles. The number of amides is 1. The van der Waals surface area contributed by atoms with Crippen molar-refractivity contribution in [3.8, 4) is 0 Å². The predicted molar refractivity (Wildman–Crippen MR) is 32.6 cm³/mol. The van der Waals surface area contributed by atoms with Gasteiger partial charge in [0.1, 0.15) is 12.8 Å². The molecule has 58 valence electrons. The summed E-state index contributed by atoms with van der Waals surface area (Å²) in [7, 11) is 1.49. The monoisotopic (exact) mass is 146 g/mol. The minimum Gasteiger partial charge on any atom is -0.362 e. The van der Waals surface area contributed by atoms with E-state index in [0.29, 0.717) is 0 Å². The molecule has 1 saturated heterocycles. The number of nitrogens with zero attached hydrogens (tertiary/aromatic N) is 1. The predicted octanol–water partition coefficient (Wildman–Crippen LogP) is -1.31. The summed E-state index contributed by atoms with van der Waals surface area (Å²) < 4.78 is 4.67. The SMILES string of the molecule is COCN1OC[C@H](N)C1=O. The van der Waals surface area contributed by atoms with Crippen LogP contribution in [0.1, 0.15) is 0 Å². The summed E-state index contributed by atoms with van der Waals surface area (Å²) in [6.07, 6.45) is 0. The minimum absolute atomic E-state index is 0.145. The van der Waals surface area contributed by atoms with Crippen molar-refractivity contribution in [2.75, 3.05) is 20.4 Å². The van der Waals surface area contributed by atoms with Gasteiger partial charge in [-0.1, -0.05) is 0 Å². The summed E-state index contributed by atoms with van der Waals surface area (Å²) in [5.41, 5.74) is 5.33. The number of carbonyl (C=O) groups is 1. The van der Waals surface area contributed by atoms with Gasteiger partial charge in [-0.2, -0.15) is 5.06 Å². The average molecular weight is 146 g/mol. The lowest BCUT2D eigenvalue weighted by Crippen LogP contribution is -2.35. The highest BCUT2D eigenvalue weighted by atomic mass is 16.7. The zero-order chi connectivity index (χ0) is 7.56. The number of carbonyl (C=O) groups excluding carboxylic acids is 1. The fraction of sp³-hybridized carbons (Fsp3) is 0.800. The minimum atomic E-state index is -0.518. The van der Waals surface area contributed by atoms with Gasteiger partial charge in [0, 0.05) is 7.11 Å². The Balaban J connectivity index is 2.41. The first-order chi connectivity index (χ1) is 4.75. The van der Waals surface area contributed by atoms with Gasteiger partial charge in [-0.25, -0.2) is 0 Å². The Morgan fingerprint density at radius 2 is 2.70 bits per heavy atom. The van der Waals surface area contributed by atoms with Gasteiger partial charge in [-0.3, -0.25) is 9.63 Å². The molecule has 1 atom stereocenters. The molecule has 1 rings (SSSR count). The number of hydrogen-bond donors (Lipinski definition) is 1. The first-order valence-corrected chi connectivity index (χ1v) is 2.94. The number of ether oxygens (including phenoxy) is 1. The summed E-state index contributed by atoms with van der Waals surface area (Å²) in [5, 5.41) is 1.12. The van der Waals surface area contributed by atoms with Gasteiger partial charge >= 0.3 is 0 Å². The van der Waals surface area contributed by atoms with E-state index in [1.165, 1.54) is 7.11 Å². The fourth-order valence-corrected chi connectivity index (χ4v) is 0.708. The Hall–Kier alpha value is -0.650. The van der Waals surface area contributed by atoms with Crippen LogP contribution < -0.4 is 5.73 Å². The Kier molecular flexibility index (Phi) is 2.21. The Morgan fingerprint density at radius 1 is 2.00 bits per heavy atom. The number of methoxy groups -OCH3 is 1. The standard InChI is InChI=1S/C5H10N2O3/c1-9-3-7-5(8)4(6)2-10-7/h4H,2-3,6H2,1H3/t4-/m0/s1. The van der Waals surface area contributed by atoms with Crippen LogP contribution in [0.2, 0.25) is 0 Å². The largest absolute Gasteiger partial charge is 0.362 e. The second-order valence-corrected chi connectivity index (χ2v) is 2.04. The summed E-state index contributed by atoms with van der Waals surface area (Å²) in [6, 6.07) is -0.518. The Labute approximate surface area is 58.6 Å². The van der Waals surface area contributed by atoms with Gasteiger partial charge in [-0.15, -0.1) is 0 Å². The molecule has 0 radical (unpaired) electrons. The lowest BCUT2D eigenvalue weighted by Gasteiger charge is -2.11. The molecule has 0 unspecified atom stereocenters. The molecule has 5 heteroatoms. The zero-order valence-corrected chi connectivity index (χ0v) is 5.74.